The van der Waals surface area contributed by atoms with E-state index in [2.05, 4.69) is 64.7 Å². The molecule has 3 rings (SSSR count). The molecule has 0 aromatic heterocycles. The average molecular weight is 318 g/mol. The Morgan fingerprint density at radius 3 is 2.63 bits per heavy atom. The van der Waals surface area contributed by atoms with Crippen LogP contribution in [0.1, 0.15) is 37.3 Å². The van der Waals surface area contributed by atoms with Gasteiger partial charge in [-0.25, -0.2) is 0 Å². The molecule has 2 heteroatoms. The van der Waals surface area contributed by atoms with Gasteiger partial charge in [-0.1, -0.05) is 47.0 Å². The topological polar surface area (TPSA) is 12.0 Å². The third-order valence-electron chi connectivity index (χ3n) is 4.14. The van der Waals surface area contributed by atoms with Gasteiger partial charge in [0.05, 0.1) is 0 Å². The van der Waals surface area contributed by atoms with Crippen LogP contribution in [0, 0.1) is 5.92 Å². The predicted octanol–water partition coefficient (Wildman–Crippen LogP) is 5.05. The molecule has 1 atom stereocenters. The summed E-state index contributed by atoms with van der Waals surface area (Å²) in [4.78, 5) is 0. The maximum atomic E-state index is 3.53. The van der Waals surface area contributed by atoms with E-state index in [-0.39, 0.29) is 0 Å². The van der Waals surface area contributed by atoms with Crippen molar-refractivity contribution in [1.29, 1.82) is 0 Å². The third-order valence-corrected chi connectivity index (χ3v) is 4.63. The van der Waals surface area contributed by atoms with Gasteiger partial charge in [0.15, 0.2) is 0 Å². The monoisotopic (exact) mass is 317 g/mol. The summed E-state index contributed by atoms with van der Waals surface area (Å²) < 4.78 is 1.15. The molecule has 0 aliphatic heterocycles. The number of halogens is 1. The summed E-state index contributed by atoms with van der Waals surface area (Å²) in [5, 5.41) is 6.10. The summed E-state index contributed by atoms with van der Waals surface area (Å²) in [5.74, 6) is 1.01. The molecule has 1 aliphatic rings. The van der Waals surface area contributed by atoms with Gasteiger partial charge in [0, 0.05) is 10.5 Å². The lowest BCUT2D eigenvalue weighted by Crippen LogP contribution is -2.16. The number of fused-ring (bicyclic) bond motifs is 1. The van der Waals surface area contributed by atoms with Gasteiger partial charge in [0.2, 0.25) is 0 Å². The molecular weight excluding hydrogens is 298 g/mol. The highest BCUT2D eigenvalue weighted by molar-refractivity contribution is 9.10. The minimum Gasteiger partial charge on any atom is -0.313 e. The van der Waals surface area contributed by atoms with Crippen molar-refractivity contribution < 1.29 is 0 Å². The second kappa shape index (κ2) is 5.64. The van der Waals surface area contributed by atoms with E-state index in [1.54, 1.807) is 0 Å². The van der Waals surface area contributed by atoms with E-state index < -0.39 is 0 Å². The van der Waals surface area contributed by atoms with Crippen molar-refractivity contribution >= 4 is 26.7 Å². The van der Waals surface area contributed by atoms with Crippen LogP contribution in [0.25, 0.3) is 10.8 Å². The van der Waals surface area contributed by atoms with Crippen molar-refractivity contribution in [3.05, 3.63) is 46.4 Å². The van der Waals surface area contributed by atoms with Crippen LogP contribution in [0.4, 0.5) is 0 Å². The normalized spacial score (nSPS) is 16.7. The first-order valence-corrected chi connectivity index (χ1v) is 7.92. The lowest BCUT2D eigenvalue weighted by molar-refractivity contribution is 0.507. The van der Waals surface area contributed by atoms with Gasteiger partial charge in [0.1, 0.15) is 0 Å². The van der Waals surface area contributed by atoms with E-state index in [0.29, 0.717) is 6.04 Å². The summed E-state index contributed by atoms with van der Waals surface area (Å²) in [6, 6.07) is 13.8. The molecule has 0 bridgehead atoms. The lowest BCUT2D eigenvalue weighted by Gasteiger charge is -2.17. The highest BCUT2D eigenvalue weighted by Gasteiger charge is 2.22. The van der Waals surface area contributed by atoms with Crippen LogP contribution in [-0.4, -0.2) is 7.05 Å². The van der Waals surface area contributed by atoms with Crippen LogP contribution in [0.3, 0.4) is 0 Å². The van der Waals surface area contributed by atoms with Crippen molar-refractivity contribution in [1.82, 2.24) is 5.32 Å². The second-order valence-electron chi connectivity index (χ2n) is 5.61. The van der Waals surface area contributed by atoms with E-state index in [0.717, 1.165) is 10.4 Å². The Labute approximate surface area is 123 Å². The van der Waals surface area contributed by atoms with Crippen LogP contribution >= 0.6 is 15.9 Å². The zero-order chi connectivity index (χ0) is 13.2. The molecular formula is C17H20BrN. The first-order chi connectivity index (χ1) is 9.26. The molecule has 0 saturated heterocycles. The number of hydrogen-bond donors (Lipinski definition) is 1. The molecule has 1 nitrogen and oxygen atoms in total. The standard InChI is InChI=1S/C17H20BrN/c1-19-17(9-4-12-2-3-12)15-6-5-14-11-16(18)8-7-13(14)10-15/h5-8,10-12,17,19H,2-4,9H2,1H3. The van der Waals surface area contributed by atoms with Crippen LogP contribution in [-0.2, 0) is 0 Å². The molecule has 1 aliphatic carbocycles. The van der Waals surface area contributed by atoms with Crippen molar-refractivity contribution in [2.75, 3.05) is 7.05 Å². The molecule has 1 N–H and O–H groups in total. The number of hydrogen-bond acceptors (Lipinski definition) is 1. The lowest BCUT2D eigenvalue weighted by atomic mass is 9.98. The molecule has 1 unspecified atom stereocenters. The summed E-state index contributed by atoms with van der Waals surface area (Å²) in [6.07, 6.45) is 5.51. The van der Waals surface area contributed by atoms with Gasteiger partial charge in [-0.2, -0.15) is 0 Å². The van der Waals surface area contributed by atoms with Gasteiger partial charge in [-0.3, -0.25) is 0 Å². The maximum Gasteiger partial charge on any atom is 0.0317 e. The first-order valence-electron chi connectivity index (χ1n) is 7.13. The average Bonchev–Trinajstić information content (AvgIpc) is 3.23. The van der Waals surface area contributed by atoms with Crippen molar-refractivity contribution in [3.63, 3.8) is 0 Å². The quantitative estimate of drug-likeness (QED) is 0.813. The molecule has 1 fully saturated rings. The molecule has 100 valence electrons. The zero-order valence-electron chi connectivity index (χ0n) is 11.3. The second-order valence-corrected chi connectivity index (χ2v) is 6.53. The maximum absolute atomic E-state index is 3.53. The molecule has 0 heterocycles. The van der Waals surface area contributed by atoms with E-state index >= 15 is 0 Å². The minimum absolute atomic E-state index is 0.494. The Kier molecular flexibility index (Phi) is 3.90. The Morgan fingerprint density at radius 2 is 1.89 bits per heavy atom. The molecule has 2 aromatic rings. The highest BCUT2D eigenvalue weighted by atomic mass is 79.9. The van der Waals surface area contributed by atoms with Crippen molar-refractivity contribution in [3.8, 4) is 0 Å². The van der Waals surface area contributed by atoms with E-state index in [4.69, 9.17) is 0 Å². The van der Waals surface area contributed by atoms with Crippen LogP contribution < -0.4 is 5.32 Å². The summed E-state index contributed by atoms with van der Waals surface area (Å²) >= 11 is 3.53. The molecule has 0 amide bonds. The molecule has 19 heavy (non-hydrogen) atoms. The summed E-state index contributed by atoms with van der Waals surface area (Å²) in [6.45, 7) is 0. The third kappa shape index (κ3) is 3.18. The van der Waals surface area contributed by atoms with Crippen molar-refractivity contribution in [2.24, 2.45) is 5.92 Å². The van der Waals surface area contributed by atoms with Crippen molar-refractivity contribution in [2.45, 2.75) is 31.7 Å². The van der Waals surface area contributed by atoms with Gasteiger partial charge >= 0.3 is 0 Å². The Morgan fingerprint density at radius 1 is 1.16 bits per heavy atom. The SMILES string of the molecule is CNC(CCC1CC1)c1ccc2cc(Br)ccc2c1. The number of rotatable bonds is 5. The fourth-order valence-electron chi connectivity index (χ4n) is 2.74. The van der Waals surface area contributed by atoms with Crippen LogP contribution in [0.15, 0.2) is 40.9 Å². The number of benzene rings is 2. The smallest absolute Gasteiger partial charge is 0.0317 e. The van der Waals surface area contributed by atoms with Gasteiger partial charge < -0.3 is 5.32 Å². The number of nitrogens with one attached hydrogen (secondary N) is 1. The summed E-state index contributed by atoms with van der Waals surface area (Å²) in [5.41, 5.74) is 1.41. The van der Waals surface area contributed by atoms with Crippen LogP contribution in [0.2, 0.25) is 0 Å². The molecule has 0 spiro atoms. The first kappa shape index (κ1) is 13.1. The Balaban J connectivity index is 1.83. The Hall–Kier alpha value is -0.860. The van der Waals surface area contributed by atoms with E-state index in [1.807, 2.05) is 0 Å². The largest absolute Gasteiger partial charge is 0.313 e. The van der Waals surface area contributed by atoms with Gasteiger partial charge in [0.25, 0.3) is 0 Å². The summed E-state index contributed by atoms with van der Waals surface area (Å²) in [7, 11) is 2.07. The Bertz CT molecular complexity index is 574. The highest BCUT2D eigenvalue weighted by Crippen LogP contribution is 2.36. The van der Waals surface area contributed by atoms with Gasteiger partial charge in [-0.05, 0) is 60.3 Å². The predicted molar refractivity (Wildman–Crippen MR) is 85.4 cm³/mol. The van der Waals surface area contributed by atoms with E-state index in [9.17, 15) is 0 Å². The fraction of sp³-hybridized carbons (Fsp3) is 0.412. The fourth-order valence-corrected chi connectivity index (χ4v) is 3.12. The molecule has 1 saturated carbocycles. The molecule has 0 radical (unpaired) electrons. The van der Waals surface area contributed by atoms with Gasteiger partial charge in [-0.15, -0.1) is 0 Å². The minimum atomic E-state index is 0.494. The van der Waals surface area contributed by atoms with Crippen LogP contribution in [0.5, 0.6) is 0 Å². The zero-order valence-corrected chi connectivity index (χ0v) is 12.9. The molecule has 2 aromatic carbocycles. The van der Waals surface area contributed by atoms with E-state index in [1.165, 1.54) is 42.0 Å².